The van der Waals surface area contributed by atoms with Gasteiger partial charge >= 0.3 is 0 Å². The Balaban J connectivity index is 1.81. The molecule has 0 amide bonds. The highest BCUT2D eigenvalue weighted by Gasteiger charge is 2.00. The van der Waals surface area contributed by atoms with E-state index in [1.807, 2.05) is 42.5 Å². The van der Waals surface area contributed by atoms with Gasteiger partial charge in [-0.05, 0) is 52.3 Å². The van der Waals surface area contributed by atoms with Gasteiger partial charge in [0.1, 0.15) is 12.4 Å². The van der Waals surface area contributed by atoms with Crippen LogP contribution in [0.25, 0.3) is 0 Å². The number of benzene rings is 2. The minimum atomic E-state index is 0.610. The van der Waals surface area contributed by atoms with Crippen molar-refractivity contribution in [2.75, 3.05) is 18.5 Å². The first-order valence-corrected chi connectivity index (χ1v) is 8.10. The molecule has 0 bridgehead atoms. The number of ether oxygens (including phenoxy) is 1. The SMILES string of the molecule is Brc1cccc(OCCNc2ccc(Br)cc2Br)c1. The van der Waals surface area contributed by atoms with E-state index in [0.29, 0.717) is 6.61 Å². The third kappa shape index (κ3) is 4.82. The summed E-state index contributed by atoms with van der Waals surface area (Å²) >= 11 is 10.4. The predicted molar refractivity (Wildman–Crippen MR) is 90.0 cm³/mol. The van der Waals surface area contributed by atoms with Crippen LogP contribution >= 0.6 is 47.8 Å². The van der Waals surface area contributed by atoms with Crippen molar-refractivity contribution in [1.82, 2.24) is 0 Å². The van der Waals surface area contributed by atoms with Crippen molar-refractivity contribution < 1.29 is 4.74 Å². The Hall–Kier alpha value is -0.520. The molecule has 0 unspecified atom stereocenters. The molecule has 2 aromatic carbocycles. The van der Waals surface area contributed by atoms with E-state index in [1.165, 1.54) is 0 Å². The zero-order valence-corrected chi connectivity index (χ0v) is 14.8. The van der Waals surface area contributed by atoms with Gasteiger partial charge in [-0.15, -0.1) is 0 Å². The van der Waals surface area contributed by atoms with Crippen LogP contribution in [0.2, 0.25) is 0 Å². The topological polar surface area (TPSA) is 21.3 Å². The van der Waals surface area contributed by atoms with Gasteiger partial charge in [0, 0.05) is 25.7 Å². The average Bonchev–Trinajstić information content (AvgIpc) is 2.37. The van der Waals surface area contributed by atoms with Gasteiger partial charge in [0.25, 0.3) is 0 Å². The second kappa shape index (κ2) is 7.31. The molecule has 0 atom stereocenters. The Morgan fingerprint density at radius 1 is 0.947 bits per heavy atom. The van der Waals surface area contributed by atoms with E-state index in [9.17, 15) is 0 Å². The molecule has 0 aromatic heterocycles. The molecule has 0 fully saturated rings. The molecule has 19 heavy (non-hydrogen) atoms. The maximum Gasteiger partial charge on any atom is 0.120 e. The smallest absolute Gasteiger partial charge is 0.120 e. The van der Waals surface area contributed by atoms with E-state index in [0.717, 1.165) is 31.4 Å². The Morgan fingerprint density at radius 2 is 1.74 bits per heavy atom. The lowest BCUT2D eigenvalue weighted by molar-refractivity contribution is 0.332. The molecule has 0 aliphatic rings. The van der Waals surface area contributed by atoms with Gasteiger partial charge in [-0.3, -0.25) is 0 Å². The molecule has 0 aliphatic carbocycles. The first kappa shape index (κ1) is 14.9. The molecule has 100 valence electrons. The van der Waals surface area contributed by atoms with E-state index >= 15 is 0 Å². The van der Waals surface area contributed by atoms with Crippen LogP contribution in [0, 0.1) is 0 Å². The monoisotopic (exact) mass is 447 g/mol. The van der Waals surface area contributed by atoms with Crippen LogP contribution in [0.15, 0.2) is 55.9 Å². The van der Waals surface area contributed by atoms with Gasteiger partial charge in [0.2, 0.25) is 0 Å². The second-order valence-electron chi connectivity index (χ2n) is 3.86. The van der Waals surface area contributed by atoms with Crippen LogP contribution in [0.3, 0.4) is 0 Å². The fourth-order valence-corrected chi connectivity index (χ4v) is 3.11. The number of hydrogen-bond acceptors (Lipinski definition) is 2. The van der Waals surface area contributed by atoms with Crippen LogP contribution in [0.5, 0.6) is 5.75 Å². The lowest BCUT2D eigenvalue weighted by Gasteiger charge is -2.10. The molecule has 5 heteroatoms. The standard InChI is InChI=1S/C14H12Br3NO/c15-10-2-1-3-12(8-10)19-7-6-18-14-5-4-11(16)9-13(14)17/h1-5,8-9,18H,6-7H2. The summed E-state index contributed by atoms with van der Waals surface area (Å²) in [5.41, 5.74) is 1.06. The van der Waals surface area contributed by atoms with E-state index in [2.05, 4.69) is 53.1 Å². The molecular weight excluding hydrogens is 438 g/mol. The van der Waals surface area contributed by atoms with Gasteiger partial charge in [0.05, 0.1) is 0 Å². The fraction of sp³-hybridized carbons (Fsp3) is 0.143. The summed E-state index contributed by atoms with van der Waals surface area (Å²) in [7, 11) is 0. The van der Waals surface area contributed by atoms with Gasteiger partial charge in [-0.2, -0.15) is 0 Å². The summed E-state index contributed by atoms with van der Waals surface area (Å²) in [5.74, 6) is 0.867. The van der Waals surface area contributed by atoms with Crippen LogP contribution in [0.4, 0.5) is 5.69 Å². The molecule has 0 heterocycles. The number of anilines is 1. The second-order valence-corrected chi connectivity index (χ2v) is 6.54. The van der Waals surface area contributed by atoms with Crippen LogP contribution in [-0.4, -0.2) is 13.2 Å². The van der Waals surface area contributed by atoms with E-state index in [1.54, 1.807) is 0 Å². The van der Waals surface area contributed by atoms with Crippen molar-refractivity contribution in [3.05, 3.63) is 55.9 Å². The molecule has 0 saturated carbocycles. The molecule has 2 rings (SSSR count). The number of hydrogen-bond donors (Lipinski definition) is 1. The largest absolute Gasteiger partial charge is 0.492 e. The first-order valence-electron chi connectivity index (χ1n) is 5.72. The average molecular weight is 450 g/mol. The number of nitrogens with one attached hydrogen (secondary N) is 1. The molecule has 0 saturated heterocycles. The summed E-state index contributed by atoms with van der Waals surface area (Å²) < 4.78 is 8.76. The van der Waals surface area contributed by atoms with E-state index in [4.69, 9.17) is 4.74 Å². The maximum atomic E-state index is 5.66. The molecule has 0 radical (unpaired) electrons. The van der Waals surface area contributed by atoms with Crippen LogP contribution in [-0.2, 0) is 0 Å². The van der Waals surface area contributed by atoms with Crippen molar-refractivity contribution in [2.24, 2.45) is 0 Å². The van der Waals surface area contributed by atoms with Crippen molar-refractivity contribution in [3.8, 4) is 5.75 Å². The zero-order chi connectivity index (χ0) is 13.7. The fourth-order valence-electron chi connectivity index (χ4n) is 1.54. The minimum absolute atomic E-state index is 0.610. The van der Waals surface area contributed by atoms with E-state index in [-0.39, 0.29) is 0 Å². The van der Waals surface area contributed by atoms with Crippen molar-refractivity contribution in [2.45, 2.75) is 0 Å². The maximum absolute atomic E-state index is 5.66. The van der Waals surface area contributed by atoms with Crippen molar-refractivity contribution in [3.63, 3.8) is 0 Å². The molecule has 0 spiro atoms. The highest BCUT2D eigenvalue weighted by Crippen LogP contribution is 2.26. The summed E-state index contributed by atoms with van der Waals surface area (Å²) in [5, 5.41) is 3.32. The summed E-state index contributed by atoms with van der Waals surface area (Å²) in [6.45, 7) is 1.35. The molecular formula is C14H12Br3NO. The summed E-state index contributed by atoms with van der Waals surface area (Å²) in [4.78, 5) is 0. The normalized spacial score (nSPS) is 10.3. The first-order chi connectivity index (χ1) is 9.15. The highest BCUT2D eigenvalue weighted by atomic mass is 79.9. The third-order valence-electron chi connectivity index (χ3n) is 2.41. The molecule has 2 nitrogen and oxygen atoms in total. The quantitative estimate of drug-likeness (QED) is 0.611. The van der Waals surface area contributed by atoms with Gasteiger partial charge in [-0.1, -0.05) is 37.9 Å². The van der Waals surface area contributed by atoms with Gasteiger partial charge < -0.3 is 10.1 Å². The lowest BCUT2D eigenvalue weighted by atomic mass is 10.3. The van der Waals surface area contributed by atoms with Crippen LogP contribution < -0.4 is 10.1 Å². The minimum Gasteiger partial charge on any atom is -0.492 e. The zero-order valence-electron chi connectivity index (χ0n) is 10.00. The highest BCUT2D eigenvalue weighted by molar-refractivity contribution is 9.11. The van der Waals surface area contributed by atoms with E-state index < -0.39 is 0 Å². The lowest BCUT2D eigenvalue weighted by Crippen LogP contribution is -2.11. The third-order valence-corrected chi connectivity index (χ3v) is 4.06. The molecule has 2 aromatic rings. The Morgan fingerprint density at radius 3 is 2.47 bits per heavy atom. The van der Waals surface area contributed by atoms with Gasteiger partial charge in [-0.25, -0.2) is 0 Å². The van der Waals surface area contributed by atoms with Crippen molar-refractivity contribution >= 4 is 53.5 Å². The number of rotatable bonds is 5. The van der Waals surface area contributed by atoms with Crippen LogP contribution in [0.1, 0.15) is 0 Å². The Kier molecular flexibility index (Phi) is 5.73. The number of halogens is 3. The van der Waals surface area contributed by atoms with Gasteiger partial charge in [0.15, 0.2) is 0 Å². The Bertz CT molecular complexity index is 560. The van der Waals surface area contributed by atoms with Crippen molar-refractivity contribution in [1.29, 1.82) is 0 Å². The predicted octanol–water partition coefficient (Wildman–Crippen LogP) is 5.47. The summed E-state index contributed by atoms with van der Waals surface area (Å²) in [6.07, 6.45) is 0. The molecule has 0 aliphatic heterocycles. The molecule has 1 N–H and O–H groups in total. The Labute approximate surface area is 137 Å². The summed E-state index contributed by atoms with van der Waals surface area (Å²) in [6, 6.07) is 13.9.